The number of carbonyl (C=O) groups is 1. The highest BCUT2D eigenvalue weighted by atomic mass is 127. The van der Waals surface area contributed by atoms with Crippen molar-refractivity contribution >= 4 is 53.1 Å². The maximum absolute atomic E-state index is 12.6. The molecule has 1 aliphatic heterocycles. The molecular formula is C21H26ClIN4O2. The van der Waals surface area contributed by atoms with Crippen LogP contribution < -0.4 is 20.3 Å². The molecule has 2 aromatic rings. The van der Waals surface area contributed by atoms with E-state index in [-0.39, 0.29) is 36.4 Å². The van der Waals surface area contributed by atoms with Gasteiger partial charge in [-0.2, -0.15) is 0 Å². The zero-order valence-corrected chi connectivity index (χ0v) is 19.7. The van der Waals surface area contributed by atoms with E-state index in [9.17, 15) is 4.79 Å². The Balaban J connectivity index is 0.00000300. The van der Waals surface area contributed by atoms with Crippen LogP contribution in [0.2, 0.25) is 5.02 Å². The van der Waals surface area contributed by atoms with E-state index in [4.69, 9.17) is 16.3 Å². The van der Waals surface area contributed by atoms with Crippen LogP contribution in [0.25, 0.3) is 0 Å². The van der Waals surface area contributed by atoms with Crippen molar-refractivity contribution in [3.05, 3.63) is 58.6 Å². The number of nitrogens with one attached hydrogen (secondary N) is 2. The number of hydrogen-bond donors (Lipinski definition) is 2. The van der Waals surface area contributed by atoms with Crippen LogP contribution in [0.3, 0.4) is 0 Å². The maximum Gasteiger partial charge on any atom is 0.246 e. The molecule has 0 saturated carbocycles. The molecule has 0 radical (unpaired) electrons. The van der Waals surface area contributed by atoms with Gasteiger partial charge in [-0.25, -0.2) is 0 Å². The van der Waals surface area contributed by atoms with Crippen molar-refractivity contribution in [2.45, 2.75) is 12.8 Å². The van der Waals surface area contributed by atoms with Crippen molar-refractivity contribution in [3.63, 3.8) is 0 Å². The Morgan fingerprint density at radius 1 is 1.24 bits per heavy atom. The van der Waals surface area contributed by atoms with Gasteiger partial charge in [0.2, 0.25) is 5.91 Å². The van der Waals surface area contributed by atoms with Crippen molar-refractivity contribution in [2.24, 2.45) is 4.99 Å². The monoisotopic (exact) mass is 528 g/mol. The van der Waals surface area contributed by atoms with Gasteiger partial charge in [-0.05, 0) is 42.2 Å². The molecule has 156 valence electrons. The minimum absolute atomic E-state index is 0. The van der Waals surface area contributed by atoms with E-state index in [0.717, 1.165) is 36.4 Å². The number of aliphatic imine (C=N–C) groups is 1. The molecule has 0 unspecified atom stereocenters. The SMILES string of the molecule is CN=C(NCCc1ccc(OC)cc1Cl)NCC(=O)N1CCc2ccccc21.I. The van der Waals surface area contributed by atoms with Gasteiger partial charge < -0.3 is 20.3 Å². The van der Waals surface area contributed by atoms with Crippen molar-refractivity contribution in [3.8, 4) is 5.75 Å². The number of rotatable bonds is 6. The highest BCUT2D eigenvalue weighted by Gasteiger charge is 2.23. The summed E-state index contributed by atoms with van der Waals surface area (Å²) in [6, 6.07) is 13.7. The average Bonchev–Trinajstić information content (AvgIpc) is 3.15. The molecule has 1 amide bonds. The molecule has 2 aromatic carbocycles. The molecule has 0 spiro atoms. The van der Waals surface area contributed by atoms with Crippen LogP contribution in [0.5, 0.6) is 5.75 Å². The Hall–Kier alpha value is -2.00. The summed E-state index contributed by atoms with van der Waals surface area (Å²) in [7, 11) is 3.30. The van der Waals surface area contributed by atoms with Gasteiger partial charge in [0, 0.05) is 30.8 Å². The van der Waals surface area contributed by atoms with E-state index in [1.807, 2.05) is 35.2 Å². The van der Waals surface area contributed by atoms with Crippen LogP contribution >= 0.6 is 35.6 Å². The van der Waals surface area contributed by atoms with Crippen molar-refractivity contribution in [1.82, 2.24) is 10.6 Å². The lowest BCUT2D eigenvalue weighted by molar-refractivity contribution is -0.117. The van der Waals surface area contributed by atoms with Crippen LogP contribution in [0.1, 0.15) is 11.1 Å². The summed E-state index contributed by atoms with van der Waals surface area (Å²) in [6.07, 6.45) is 1.63. The predicted octanol–water partition coefficient (Wildman–Crippen LogP) is 3.26. The number of fused-ring (bicyclic) bond motifs is 1. The van der Waals surface area contributed by atoms with Crippen LogP contribution in [0, 0.1) is 0 Å². The Morgan fingerprint density at radius 3 is 2.76 bits per heavy atom. The highest BCUT2D eigenvalue weighted by Crippen LogP contribution is 2.27. The largest absolute Gasteiger partial charge is 0.497 e. The number of nitrogens with zero attached hydrogens (tertiary/aromatic N) is 2. The molecule has 0 fully saturated rings. The third-order valence-electron chi connectivity index (χ3n) is 4.77. The zero-order chi connectivity index (χ0) is 19.9. The van der Waals surface area contributed by atoms with Gasteiger partial charge >= 0.3 is 0 Å². The fraction of sp³-hybridized carbons (Fsp3) is 0.333. The van der Waals surface area contributed by atoms with Crippen molar-refractivity contribution in [1.29, 1.82) is 0 Å². The molecule has 6 nitrogen and oxygen atoms in total. The second-order valence-electron chi connectivity index (χ2n) is 6.48. The van der Waals surface area contributed by atoms with E-state index in [1.165, 1.54) is 5.56 Å². The molecular weight excluding hydrogens is 503 g/mol. The molecule has 1 aliphatic rings. The van der Waals surface area contributed by atoms with E-state index in [0.29, 0.717) is 17.5 Å². The van der Waals surface area contributed by atoms with Gasteiger partial charge in [0.05, 0.1) is 13.7 Å². The van der Waals surface area contributed by atoms with Gasteiger partial charge in [0.15, 0.2) is 5.96 Å². The van der Waals surface area contributed by atoms with E-state index >= 15 is 0 Å². The van der Waals surface area contributed by atoms with Crippen molar-refractivity contribution in [2.75, 3.05) is 38.7 Å². The number of amides is 1. The third kappa shape index (κ3) is 5.99. The first-order chi connectivity index (χ1) is 13.6. The molecule has 2 N–H and O–H groups in total. The Bertz CT molecular complexity index is 876. The van der Waals surface area contributed by atoms with Crippen LogP contribution in [0.15, 0.2) is 47.5 Å². The molecule has 0 aliphatic carbocycles. The standard InChI is InChI=1S/C21H25ClN4O2.HI/c1-23-21(24-11-9-15-7-8-17(28-2)13-18(15)22)25-14-20(27)26-12-10-16-5-3-4-6-19(16)26;/h3-8,13H,9-12,14H2,1-2H3,(H2,23,24,25);1H. The number of hydrogen-bond acceptors (Lipinski definition) is 3. The number of benzene rings is 2. The van der Waals surface area contributed by atoms with Gasteiger partial charge in [-0.1, -0.05) is 35.9 Å². The number of guanidine groups is 1. The third-order valence-corrected chi connectivity index (χ3v) is 5.12. The normalized spacial score (nSPS) is 12.8. The summed E-state index contributed by atoms with van der Waals surface area (Å²) in [6.45, 7) is 1.56. The summed E-state index contributed by atoms with van der Waals surface area (Å²) in [5.74, 6) is 1.36. The van der Waals surface area contributed by atoms with Gasteiger partial charge in [-0.15, -0.1) is 24.0 Å². The van der Waals surface area contributed by atoms with Gasteiger partial charge in [0.25, 0.3) is 0 Å². The van der Waals surface area contributed by atoms with Crippen LogP contribution in [-0.2, 0) is 17.6 Å². The first-order valence-corrected chi connectivity index (χ1v) is 9.65. The Morgan fingerprint density at radius 2 is 2.03 bits per heavy atom. The minimum Gasteiger partial charge on any atom is -0.497 e. The van der Waals surface area contributed by atoms with Gasteiger partial charge in [-0.3, -0.25) is 9.79 Å². The van der Waals surface area contributed by atoms with E-state index < -0.39 is 0 Å². The number of methoxy groups -OCH3 is 1. The summed E-state index contributed by atoms with van der Waals surface area (Å²) in [5.41, 5.74) is 3.25. The number of halogens is 2. The quantitative estimate of drug-likeness (QED) is 0.343. The van der Waals surface area contributed by atoms with Crippen LogP contribution in [-0.4, -0.2) is 45.7 Å². The first-order valence-electron chi connectivity index (χ1n) is 9.27. The fourth-order valence-corrected chi connectivity index (χ4v) is 3.51. The molecule has 3 rings (SSSR count). The second kappa shape index (κ2) is 11.3. The van der Waals surface area contributed by atoms with E-state index in [1.54, 1.807) is 20.2 Å². The molecule has 0 saturated heterocycles. The number of carbonyl (C=O) groups excluding carboxylic acids is 1. The lowest BCUT2D eigenvalue weighted by Gasteiger charge is -2.19. The van der Waals surface area contributed by atoms with Crippen LogP contribution in [0.4, 0.5) is 5.69 Å². The molecule has 0 bridgehead atoms. The van der Waals surface area contributed by atoms with Crippen molar-refractivity contribution < 1.29 is 9.53 Å². The number of para-hydroxylation sites is 1. The first kappa shape index (κ1) is 23.3. The highest BCUT2D eigenvalue weighted by molar-refractivity contribution is 14.0. The maximum atomic E-state index is 12.6. The fourth-order valence-electron chi connectivity index (χ4n) is 3.25. The number of anilines is 1. The summed E-state index contributed by atoms with van der Waals surface area (Å²) < 4.78 is 5.16. The molecule has 29 heavy (non-hydrogen) atoms. The average molecular weight is 529 g/mol. The molecule has 0 aromatic heterocycles. The molecule has 8 heteroatoms. The lowest BCUT2D eigenvalue weighted by atomic mass is 10.1. The summed E-state index contributed by atoms with van der Waals surface area (Å²) in [5, 5.41) is 6.98. The second-order valence-corrected chi connectivity index (χ2v) is 6.89. The van der Waals surface area contributed by atoms with E-state index in [2.05, 4.69) is 21.7 Å². The predicted molar refractivity (Wildman–Crippen MR) is 129 cm³/mol. The lowest BCUT2D eigenvalue weighted by Crippen LogP contribution is -2.44. The minimum atomic E-state index is 0. The smallest absolute Gasteiger partial charge is 0.246 e. The topological polar surface area (TPSA) is 66.0 Å². The molecule has 1 heterocycles. The Kier molecular flexibility index (Phi) is 9.03. The number of ether oxygens (including phenoxy) is 1. The molecule has 0 atom stereocenters. The zero-order valence-electron chi connectivity index (χ0n) is 16.6. The Labute approximate surface area is 193 Å². The van der Waals surface area contributed by atoms with Gasteiger partial charge in [0.1, 0.15) is 5.75 Å². The summed E-state index contributed by atoms with van der Waals surface area (Å²) >= 11 is 6.27. The summed E-state index contributed by atoms with van der Waals surface area (Å²) in [4.78, 5) is 18.6.